The van der Waals surface area contributed by atoms with Gasteiger partial charge < -0.3 is 14.9 Å². The van der Waals surface area contributed by atoms with Crippen molar-refractivity contribution >= 4 is 11.9 Å². The number of aliphatic hydroxyl groups is 1. The van der Waals surface area contributed by atoms with E-state index in [1.165, 1.54) is 0 Å². The molecule has 0 radical (unpaired) electrons. The van der Waals surface area contributed by atoms with Crippen LogP contribution in [0.25, 0.3) is 0 Å². The molecular formula is C18H34O5. The molecule has 0 aliphatic heterocycles. The number of aliphatic carboxylic acids is 1. The summed E-state index contributed by atoms with van der Waals surface area (Å²) in [5.41, 5.74) is 0. The predicted octanol–water partition coefficient (Wildman–Crippen LogP) is 3.92. The van der Waals surface area contributed by atoms with Gasteiger partial charge in [-0.15, -0.1) is 0 Å². The SMILES string of the molecule is CC(CCCCCCO)COC(=O)CCCCCCCC(=O)O. The van der Waals surface area contributed by atoms with Gasteiger partial charge in [-0.25, -0.2) is 0 Å². The van der Waals surface area contributed by atoms with Crippen LogP contribution >= 0.6 is 0 Å². The van der Waals surface area contributed by atoms with Crippen LogP contribution in [0.1, 0.15) is 84.0 Å². The van der Waals surface area contributed by atoms with Crippen LogP contribution in [0.4, 0.5) is 0 Å². The summed E-state index contributed by atoms with van der Waals surface area (Å²) in [6, 6.07) is 0. The van der Waals surface area contributed by atoms with E-state index in [4.69, 9.17) is 14.9 Å². The Labute approximate surface area is 140 Å². The van der Waals surface area contributed by atoms with Gasteiger partial charge in [0.25, 0.3) is 0 Å². The summed E-state index contributed by atoms with van der Waals surface area (Å²) in [6.45, 7) is 2.87. The Kier molecular flexibility index (Phi) is 15.0. The molecule has 2 N–H and O–H groups in total. The number of rotatable bonds is 16. The van der Waals surface area contributed by atoms with E-state index in [0.29, 0.717) is 18.9 Å². The summed E-state index contributed by atoms with van der Waals surface area (Å²) in [5.74, 6) is -0.470. The van der Waals surface area contributed by atoms with Crippen molar-refractivity contribution in [2.45, 2.75) is 84.0 Å². The molecule has 0 heterocycles. The maximum absolute atomic E-state index is 11.6. The first-order chi connectivity index (χ1) is 11.1. The Hall–Kier alpha value is -1.10. The highest BCUT2D eigenvalue weighted by Crippen LogP contribution is 2.12. The van der Waals surface area contributed by atoms with Crippen LogP contribution in [0.15, 0.2) is 0 Å². The van der Waals surface area contributed by atoms with Gasteiger partial charge in [0.1, 0.15) is 0 Å². The first-order valence-electron chi connectivity index (χ1n) is 9.04. The quantitative estimate of drug-likeness (QED) is 0.331. The van der Waals surface area contributed by atoms with Crippen molar-refractivity contribution in [3.63, 3.8) is 0 Å². The Morgan fingerprint density at radius 2 is 1.43 bits per heavy atom. The molecule has 0 saturated carbocycles. The zero-order chi connectivity index (χ0) is 17.3. The summed E-state index contributed by atoms with van der Waals surface area (Å²) in [5, 5.41) is 17.2. The third kappa shape index (κ3) is 17.1. The van der Waals surface area contributed by atoms with Gasteiger partial charge in [0.15, 0.2) is 0 Å². The standard InChI is InChI=1S/C18H34O5/c1-16(11-7-5-6-10-14-19)15-23-18(22)13-9-4-2-3-8-12-17(20)21/h16,19H,2-15H2,1H3,(H,20,21). The zero-order valence-corrected chi connectivity index (χ0v) is 14.6. The maximum Gasteiger partial charge on any atom is 0.305 e. The van der Waals surface area contributed by atoms with Gasteiger partial charge in [0, 0.05) is 19.4 Å². The van der Waals surface area contributed by atoms with Crippen molar-refractivity contribution in [3.8, 4) is 0 Å². The van der Waals surface area contributed by atoms with Crippen LogP contribution in [0.5, 0.6) is 0 Å². The molecule has 136 valence electrons. The Balaban J connectivity index is 3.36. The highest BCUT2D eigenvalue weighted by molar-refractivity contribution is 5.69. The summed E-state index contributed by atoms with van der Waals surface area (Å²) in [6.07, 6.45) is 10.3. The molecular weight excluding hydrogens is 296 g/mol. The van der Waals surface area contributed by atoms with Gasteiger partial charge >= 0.3 is 11.9 Å². The number of carbonyl (C=O) groups excluding carboxylic acids is 1. The molecule has 0 aliphatic carbocycles. The lowest BCUT2D eigenvalue weighted by Crippen LogP contribution is -2.11. The van der Waals surface area contributed by atoms with Gasteiger partial charge in [0.05, 0.1) is 6.61 Å². The minimum absolute atomic E-state index is 0.123. The molecule has 0 aliphatic rings. The van der Waals surface area contributed by atoms with E-state index in [9.17, 15) is 9.59 Å². The summed E-state index contributed by atoms with van der Waals surface area (Å²) in [7, 11) is 0. The number of carboxylic acid groups (broad SMARTS) is 1. The van der Waals surface area contributed by atoms with Gasteiger partial charge in [-0.1, -0.05) is 45.4 Å². The van der Waals surface area contributed by atoms with Crippen molar-refractivity contribution in [2.75, 3.05) is 13.2 Å². The third-order valence-electron chi connectivity index (χ3n) is 3.91. The molecule has 0 fully saturated rings. The average molecular weight is 330 g/mol. The zero-order valence-electron chi connectivity index (χ0n) is 14.6. The molecule has 0 bridgehead atoms. The monoisotopic (exact) mass is 330 g/mol. The Bertz CT molecular complexity index is 304. The number of hydrogen-bond acceptors (Lipinski definition) is 4. The van der Waals surface area contributed by atoms with E-state index < -0.39 is 5.97 Å². The summed E-state index contributed by atoms with van der Waals surface area (Å²) in [4.78, 5) is 22.0. The van der Waals surface area contributed by atoms with E-state index in [-0.39, 0.29) is 19.0 Å². The van der Waals surface area contributed by atoms with Crippen LogP contribution in [-0.4, -0.2) is 35.4 Å². The average Bonchev–Trinajstić information content (AvgIpc) is 2.51. The van der Waals surface area contributed by atoms with Crippen LogP contribution < -0.4 is 0 Å². The van der Waals surface area contributed by atoms with Gasteiger partial charge in [-0.2, -0.15) is 0 Å². The molecule has 0 amide bonds. The lowest BCUT2D eigenvalue weighted by molar-refractivity contribution is -0.145. The second kappa shape index (κ2) is 15.8. The number of aliphatic hydroxyl groups excluding tert-OH is 1. The second-order valence-electron chi connectivity index (χ2n) is 6.38. The minimum Gasteiger partial charge on any atom is -0.481 e. The molecule has 0 aromatic carbocycles. The van der Waals surface area contributed by atoms with Crippen molar-refractivity contribution in [2.24, 2.45) is 5.92 Å². The van der Waals surface area contributed by atoms with Gasteiger partial charge in [-0.3, -0.25) is 9.59 Å². The summed E-state index contributed by atoms with van der Waals surface area (Å²) < 4.78 is 5.28. The van der Waals surface area contributed by atoms with E-state index in [2.05, 4.69) is 6.92 Å². The van der Waals surface area contributed by atoms with Crippen molar-refractivity contribution in [1.82, 2.24) is 0 Å². The van der Waals surface area contributed by atoms with Crippen molar-refractivity contribution in [3.05, 3.63) is 0 Å². The van der Waals surface area contributed by atoms with Crippen LogP contribution in [0.2, 0.25) is 0 Å². The fraction of sp³-hybridized carbons (Fsp3) is 0.889. The number of unbranched alkanes of at least 4 members (excludes halogenated alkanes) is 7. The first-order valence-corrected chi connectivity index (χ1v) is 9.04. The highest BCUT2D eigenvalue weighted by atomic mass is 16.5. The molecule has 1 atom stereocenters. The van der Waals surface area contributed by atoms with Crippen LogP contribution in [0, 0.1) is 5.92 Å². The number of esters is 1. The molecule has 5 heteroatoms. The van der Waals surface area contributed by atoms with Gasteiger partial charge in [-0.05, 0) is 31.6 Å². The number of carbonyl (C=O) groups is 2. The Morgan fingerprint density at radius 1 is 0.870 bits per heavy atom. The second-order valence-corrected chi connectivity index (χ2v) is 6.38. The lowest BCUT2D eigenvalue weighted by Gasteiger charge is -2.12. The van der Waals surface area contributed by atoms with E-state index in [0.717, 1.165) is 64.2 Å². The summed E-state index contributed by atoms with van der Waals surface area (Å²) >= 11 is 0. The molecule has 5 nitrogen and oxygen atoms in total. The molecule has 0 aromatic rings. The fourth-order valence-corrected chi connectivity index (χ4v) is 2.42. The van der Waals surface area contributed by atoms with Gasteiger partial charge in [0.2, 0.25) is 0 Å². The Morgan fingerprint density at radius 3 is 2.09 bits per heavy atom. The lowest BCUT2D eigenvalue weighted by atomic mass is 10.0. The maximum atomic E-state index is 11.6. The molecule has 1 unspecified atom stereocenters. The van der Waals surface area contributed by atoms with E-state index >= 15 is 0 Å². The predicted molar refractivity (Wildman–Crippen MR) is 90.2 cm³/mol. The first kappa shape index (κ1) is 21.9. The highest BCUT2D eigenvalue weighted by Gasteiger charge is 2.07. The third-order valence-corrected chi connectivity index (χ3v) is 3.91. The molecule has 0 saturated heterocycles. The normalized spacial score (nSPS) is 12.1. The van der Waals surface area contributed by atoms with Crippen molar-refractivity contribution < 1.29 is 24.5 Å². The van der Waals surface area contributed by atoms with E-state index in [1.807, 2.05) is 0 Å². The molecule has 0 rings (SSSR count). The smallest absolute Gasteiger partial charge is 0.305 e. The minimum atomic E-state index is -0.740. The molecule has 0 spiro atoms. The van der Waals surface area contributed by atoms with Crippen LogP contribution in [0.3, 0.4) is 0 Å². The van der Waals surface area contributed by atoms with E-state index in [1.54, 1.807) is 0 Å². The number of ether oxygens (including phenoxy) is 1. The number of hydrogen-bond donors (Lipinski definition) is 2. The molecule has 23 heavy (non-hydrogen) atoms. The number of carboxylic acids is 1. The molecule has 0 aromatic heterocycles. The van der Waals surface area contributed by atoms with Crippen LogP contribution in [-0.2, 0) is 14.3 Å². The largest absolute Gasteiger partial charge is 0.481 e. The van der Waals surface area contributed by atoms with Crippen molar-refractivity contribution in [1.29, 1.82) is 0 Å². The topological polar surface area (TPSA) is 83.8 Å². The fourth-order valence-electron chi connectivity index (χ4n) is 2.42.